The lowest BCUT2D eigenvalue weighted by molar-refractivity contribution is 0.660. The lowest BCUT2D eigenvalue weighted by Crippen LogP contribution is -2.19. The van der Waals surface area contributed by atoms with Crippen LogP contribution in [-0.2, 0) is 5.41 Å². The number of allylic oxidation sites excluding steroid dienone is 3. The van der Waals surface area contributed by atoms with Crippen LogP contribution in [0.25, 0.3) is 53.2 Å². The van der Waals surface area contributed by atoms with Crippen molar-refractivity contribution >= 4 is 53.7 Å². The largest absolute Gasteiger partial charge is 0.311 e. The van der Waals surface area contributed by atoms with Gasteiger partial charge in [-0.15, -0.1) is 11.3 Å². The fourth-order valence-corrected chi connectivity index (χ4v) is 9.88. The number of fused-ring (bicyclic) bond motifs is 7. The van der Waals surface area contributed by atoms with Crippen LogP contribution < -0.4 is 4.90 Å². The normalized spacial score (nSPS) is 16.0. The molecular weight excluding hydrogens is 635 g/mol. The van der Waals surface area contributed by atoms with Gasteiger partial charge in [0.1, 0.15) is 0 Å². The molecule has 0 radical (unpaired) electrons. The van der Waals surface area contributed by atoms with Gasteiger partial charge in [0.2, 0.25) is 0 Å². The molecule has 1 aromatic heterocycles. The second kappa shape index (κ2) is 11.7. The molecule has 244 valence electrons. The highest BCUT2D eigenvalue weighted by Gasteiger charge is 2.36. The molecule has 2 heteroatoms. The van der Waals surface area contributed by atoms with E-state index in [1.54, 1.807) is 0 Å². The monoisotopic (exact) mass is 671 g/mol. The van der Waals surface area contributed by atoms with Gasteiger partial charge in [0.05, 0.1) is 0 Å². The molecule has 0 fully saturated rings. The zero-order valence-electron chi connectivity index (χ0n) is 28.8. The van der Waals surface area contributed by atoms with Gasteiger partial charge in [-0.3, -0.25) is 0 Å². The van der Waals surface area contributed by atoms with E-state index in [9.17, 15) is 0 Å². The summed E-state index contributed by atoms with van der Waals surface area (Å²) in [6.07, 6.45) is 8.15. The second-order valence-electron chi connectivity index (χ2n) is 14.5. The molecule has 1 unspecified atom stereocenters. The molecule has 10 rings (SSSR count). The Kier molecular flexibility index (Phi) is 6.91. The molecule has 1 atom stereocenters. The Balaban J connectivity index is 1.10. The number of thiophene rings is 1. The van der Waals surface area contributed by atoms with Crippen molar-refractivity contribution in [2.75, 3.05) is 4.90 Å². The molecule has 0 aliphatic heterocycles. The third kappa shape index (κ3) is 4.82. The Morgan fingerprint density at radius 2 is 1.29 bits per heavy atom. The fraction of sp³-hybridized carbons (Fsp3) is 0.102. The first-order valence-corrected chi connectivity index (χ1v) is 18.8. The van der Waals surface area contributed by atoms with Gasteiger partial charge in [-0.1, -0.05) is 147 Å². The van der Waals surface area contributed by atoms with Crippen LogP contribution in [0.3, 0.4) is 0 Å². The highest BCUT2D eigenvalue weighted by Crippen LogP contribution is 2.51. The lowest BCUT2D eigenvalue weighted by Gasteiger charge is -2.31. The van der Waals surface area contributed by atoms with Gasteiger partial charge in [0, 0.05) is 48.6 Å². The highest BCUT2D eigenvalue weighted by atomic mass is 32.1. The molecule has 8 aromatic rings. The number of hydrogen-bond acceptors (Lipinski definition) is 2. The van der Waals surface area contributed by atoms with Crippen LogP contribution in [0.5, 0.6) is 0 Å². The number of hydrogen-bond donors (Lipinski definition) is 0. The predicted octanol–water partition coefficient (Wildman–Crippen LogP) is 13.9. The molecule has 0 bridgehead atoms. The summed E-state index contributed by atoms with van der Waals surface area (Å²) in [5, 5.41) is 5.30. The van der Waals surface area contributed by atoms with Crippen molar-refractivity contribution in [1.82, 2.24) is 0 Å². The molecule has 0 saturated carbocycles. The summed E-state index contributed by atoms with van der Waals surface area (Å²) in [6.45, 7) is 4.74. The van der Waals surface area contributed by atoms with Crippen molar-refractivity contribution < 1.29 is 0 Å². The third-order valence-electron chi connectivity index (χ3n) is 11.2. The van der Waals surface area contributed by atoms with Crippen molar-refractivity contribution in [3.8, 4) is 22.3 Å². The summed E-state index contributed by atoms with van der Waals surface area (Å²) in [5.74, 6) is 0.326. The molecule has 0 N–H and O–H groups in total. The number of nitrogens with zero attached hydrogens (tertiary/aromatic N) is 1. The number of anilines is 2. The van der Waals surface area contributed by atoms with E-state index in [0.29, 0.717) is 5.92 Å². The zero-order valence-corrected chi connectivity index (χ0v) is 29.6. The zero-order chi connectivity index (χ0) is 34.1. The summed E-state index contributed by atoms with van der Waals surface area (Å²) in [6, 6.07) is 56.2. The predicted molar refractivity (Wildman–Crippen MR) is 219 cm³/mol. The average Bonchev–Trinajstić information content (AvgIpc) is 3.67. The fourth-order valence-electron chi connectivity index (χ4n) is 8.64. The maximum absolute atomic E-state index is 2.48. The number of benzene rings is 7. The smallest absolute Gasteiger partial charge is 0.0467 e. The summed E-state index contributed by atoms with van der Waals surface area (Å²) in [4.78, 5) is 2.48. The van der Waals surface area contributed by atoms with E-state index < -0.39 is 0 Å². The van der Waals surface area contributed by atoms with E-state index in [-0.39, 0.29) is 5.41 Å². The van der Waals surface area contributed by atoms with E-state index in [1.165, 1.54) is 87.0 Å². The Bertz CT molecular complexity index is 2720. The van der Waals surface area contributed by atoms with E-state index in [2.05, 4.69) is 189 Å². The van der Waals surface area contributed by atoms with Crippen LogP contribution in [0.2, 0.25) is 0 Å². The van der Waals surface area contributed by atoms with E-state index in [0.717, 1.165) is 6.42 Å². The Hall–Kier alpha value is -5.70. The first-order valence-electron chi connectivity index (χ1n) is 18.0. The summed E-state index contributed by atoms with van der Waals surface area (Å²) in [7, 11) is 0. The van der Waals surface area contributed by atoms with Crippen LogP contribution in [0, 0.1) is 0 Å². The molecule has 2 aliphatic carbocycles. The van der Waals surface area contributed by atoms with Gasteiger partial charge in [-0.05, 0) is 92.5 Å². The van der Waals surface area contributed by atoms with Crippen molar-refractivity contribution in [1.29, 1.82) is 0 Å². The first-order chi connectivity index (χ1) is 25.0. The van der Waals surface area contributed by atoms with Gasteiger partial charge >= 0.3 is 0 Å². The van der Waals surface area contributed by atoms with Crippen molar-refractivity contribution in [3.05, 3.63) is 192 Å². The standard InChI is InChI=1S/C49H37NS/c1-49(2)45-22-7-5-17-41(45)42-29-28-37(31-46(42)49)50(35-26-24-33(25-27-35)39-19-10-13-32-12-3-4-16-38(32)39)36-15-9-14-34(30-36)40-20-11-21-44-43-18-6-8-23-47(43)51-48(40)44/h3-24,26-31,33H,25H2,1-2H3. The van der Waals surface area contributed by atoms with Crippen LogP contribution in [0.4, 0.5) is 11.4 Å². The van der Waals surface area contributed by atoms with Crippen LogP contribution >= 0.6 is 11.3 Å². The third-order valence-corrected chi connectivity index (χ3v) is 12.4. The van der Waals surface area contributed by atoms with Crippen molar-refractivity contribution in [3.63, 3.8) is 0 Å². The van der Waals surface area contributed by atoms with Gasteiger partial charge < -0.3 is 4.90 Å². The summed E-state index contributed by atoms with van der Waals surface area (Å²) in [5.41, 5.74) is 12.9. The molecule has 1 heterocycles. The summed E-state index contributed by atoms with van der Waals surface area (Å²) >= 11 is 1.89. The Morgan fingerprint density at radius 3 is 2.20 bits per heavy atom. The Labute approximate surface area is 303 Å². The molecular formula is C49H37NS. The summed E-state index contributed by atoms with van der Waals surface area (Å²) < 4.78 is 2.67. The van der Waals surface area contributed by atoms with E-state index in [1.807, 2.05) is 11.3 Å². The molecule has 51 heavy (non-hydrogen) atoms. The Morgan fingerprint density at radius 1 is 0.588 bits per heavy atom. The quantitative estimate of drug-likeness (QED) is 0.176. The minimum atomic E-state index is -0.0808. The van der Waals surface area contributed by atoms with Crippen molar-refractivity contribution in [2.24, 2.45) is 0 Å². The van der Waals surface area contributed by atoms with E-state index in [4.69, 9.17) is 0 Å². The molecule has 1 nitrogen and oxygen atoms in total. The van der Waals surface area contributed by atoms with Gasteiger partial charge in [-0.2, -0.15) is 0 Å². The number of rotatable bonds is 5. The topological polar surface area (TPSA) is 3.24 Å². The molecule has 0 amide bonds. The van der Waals surface area contributed by atoms with E-state index >= 15 is 0 Å². The van der Waals surface area contributed by atoms with Crippen LogP contribution in [0.15, 0.2) is 176 Å². The lowest BCUT2D eigenvalue weighted by atomic mass is 9.82. The van der Waals surface area contributed by atoms with Gasteiger partial charge in [0.15, 0.2) is 0 Å². The molecule has 0 spiro atoms. The minimum Gasteiger partial charge on any atom is -0.311 e. The second-order valence-corrected chi connectivity index (χ2v) is 15.5. The van der Waals surface area contributed by atoms with Crippen molar-refractivity contribution in [2.45, 2.75) is 31.6 Å². The molecule has 2 aliphatic rings. The SMILES string of the molecule is CC1(C)c2ccccc2-c2ccc(N(C3=CCC(c4cccc5ccccc45)C=C3)c3cccc(-c4cccc5c4sc4ccccc45)c3)cc21. The molecule has 7 aromatic carbocycles. The highest BCUT2D eigenvalue weighted by molar-refractivity contribution is 7.26. The maximum Gasteiger partial charge on any atom is 0.0467 e. The van der Waals surface area contributed by atoms with Gasteiger partial charge in [-0.25, -0.2) is 0 Å². The maximum atomic E-state index is 2.48. The van der Waals surface area contributed by atoms with Gasteiger partial charge in [0.25, 0.3) is 0 Å². The average molecular weight is 672 g/mol. The van der Waals surface area contributed by atoms with Crippen LogP contribution in [0.1, 0.15) is 42.9 Å². The molecule has 0 saturated heterocycles. The van der Waals surface area contributed by atoms with Crippen LogP contribution in [-0.4, -0.2) is 0 Å². The minimum absolute atomic E-state index is 0.0808. The first kappa shape index (κ1) is 30.2.